The minimum Gasteiger partial charge on any atom is -0.310 e. The van der Waals surface area contributed by atoms with Gasteiger partial charge in [0.25, 0.3) is 0 Å². The molecule has 0 aromatic heterocycles. The molecular formula is C17H23Cl2N. The first-order valence-electron chi connectivity index (χ1n) is 7.57. The maximum Gasteiger partial charge on any atom is 0.0595 e. The Morgan fingerprint density at radius 3 is 2.70 bits per heavy atom. The van der Waals surface area contributed by atoms with Crippen LogP contribution in [0.4, 0.5) is 0 Å². The summed E-state index contributed by atoms with van der Waals surface area (Å²) in [5, 5.41) is 4.90. The van der Waals surface area contributed by atoms with E-state index in [4.69, 9.17) is 23.2 Å². The summed E-state index contributed by atoms with van der Waals surface area (Å²) in [5.41, 5.74) is 2.84. The van der Waals surface area contributed by atoms with Crippen LogP contribution in [-0.4, -0.2) is 6.54 Å². The zero-order valence-electron chi connectivity index (χ0n) is 12.1. The van der Waals surface area contributed by atoms with Gasteiger partial charge in [0.15, 0.2) is 0 Å². The molecule has 0 aliphatic heterocycles. The molecule has 1 aromatic carbocycles. The molecule has 0 heterocycles. The van der Waals surface area contributed by atoms with Crippen molar-refractivity contribution >= 4 is 23.2 Å². The van der Waals surface area contributed by atoms with Crippen molar-refractivity contribution in [2.45, 2.75) is 51.5 Å². The summed E-state index contributed by atoms with van der Waals surface area (Å²) in [5.74, 6) is 0. The molecule has 0 radical (unpaired) electrons. The fourth-order valence-electron chi connectivity index (χ4n) is 2.77. The van der Waals surface area contributed by atoms with Crippen LogP contribution in [0.15, 0.2) is 29.8 Å². The Morgan fingerprint density at radius 1 is 1.20 bits per heavy atom. The van der Waals surface area contributed by atoms with Crippen LogP contribution in [0.1, 0.15) is 57.1 Å². The first kappa shape index (κ1) is 15.9. The Balaban J connectivity index is 1.88. The topological polar surface area (TPSA) is 12.0 Å². The molecule has 0 amide bonds. The van der Waals surface area contributed by atoms with E-state index in [2.05, 4.69) is 24.4 Å². The molecule has 1 nitrogen and oxygen atoms in total. The quantitative estimate of drug-likeness (QED) is 0.642. The Morgan fingerprint density at radius 2 is 2.05 bits per heavy atom. The summed E-state index contributed by atoms with van der Waals surface area (Å²) in [6, 6.07) is 6.28. The van der Waals surface area contributed by atoms with Gasteiger partial charge in [-0.2, -0.15) is 0 Å². The lowest BCUT2D eigenvalue weighted by Crippen LogP contribution is -2.22. The molecule has 0 bridgehead atoms. The Hall–Kier alpha value is -0.500. The van der Waals surface area contributed by atoms with Gasteiger partial charge in [-0.1, -0.05) is 47.8 Å². The predicted molar refractivity (Wildman–Crippen MR) is 88.7 cm³/mol. The Kier molecular flexibility index (Phi) is 6.41. The monoisotopic (exact) mass is 311 g/mol. The molecule has 1 aliphatic carbocycles. The summed E-state index contributed by atoms with van der Waals surface area (Å²) in [4.78, 5) is 0. The van der Waals surface area contributed by atoms with Crippen molar-refractivity contribution in [1.29, 1.82) is 0 Å². The van der Waals surface area contributed by atoms with Gasteiger partial charge < -0.3 is 5.32 Å². The van der Waals surface area contributed by atoms with E-state index < -0.39 is 0 Å². The second-order valence-corrected chi connectivity index (χ2v) is 6.26. The number of hydrogen-bond donors (Lipinski definition) is 1. The Labute approximate surface area is 132 Å². The van der Waals surface area contributed by atoms with Crippen molar-refractivity contribution in [3.8, 4) is 0 Å². The normalized spacial score (nSPS) is 16.9. The maximum absolute atomic E-state index is 6.10. The number of allylic oxidation sites excluding steroid dienone is 1. The molecule has 20 heavy (non-hydrogen) atoms. The molecule has 0 fully saturated rings. The molecule has 110 valence electrons. The van der Waals surface area contributed by atoms with E-state index in [-0.39, 0.29) is 0 Å². The molecule has 2 rings (SSSR count). The van der Waals surface area contributed by atoms with Crippen LogP contribution in [0, 0.1) is 0 Å². The van der Waals surface area contributed by atoms with Crippen molar-refractivity contribution in [3.63, 3.8) is 0 Å². The van der Waals surface area contributed by atoms with E-state index in [1.807, 2.05) is 12.1 Å². The summed E-state index contributed by atoms with van der Waals surface area (Å²) < 4.78 is 0. The molecule has 0 spiro atoms. The number of halogens is 2. The number of rotatable bonds is 6. The van der Waals surface area contributed by atoms with Crippen molar-refractivity contribution in [2.24, 2.45) is 0 Å². The van der Waals surface area contributed by atoms with Crippen molar-refractivity contribution < 1.29 is 0 Å². The SMILES string of the molecule is CCC(NCCC1=CCCCC1)c1ccc(Cl)c(Cl)c1. The predicted octanol–water partition coefficient (Wildman–Crippen LogP) is 5.92. The van der Waals surface area contributed by atoms with Crippen molar-refractivity contribution in [3.05, 3.63) is 45.5 Å². The van der Waals surface area contributed by atoms with Crippen LogP contribution in [0.2, 0.25) is 10.0 Å². The smallest absolute Gasteiger partial charge is 0.0595 e. The third-order valence-corrected chi connectivity index (χ3v) is 4.72. The van der Waals surface area contributed by atoms with Gasteiger partial charge in [0.1, 0.15) is 0 Å². The van der Waals surface area contributed by atoms with E-state index in [0.29, 0.717) is 16.1 Å². The lowest BCUT2D eigenvalue weighted by Gasteiger charge is -2.19. The zero-order chi connectivity index (χ0) is 14.4. The second kappa shape index (κ2) is 8.07. The van der Waals surface area contributed by atoms with Crippen LogP contribution < -0.4 is 5.32 Å². The molecule has 0 saturated carbocycles. The highest BCUT2D eigenvalue weighted by atomic mass is 35.5. The average molecular weight is 312 g/mol. The minimum atomic E-state index is 0.356. The van der Waals surface area contributed by atoms with Crippen molar-refractivity contribution in [1.82, 2.24) is 5.32 Å². The minimum absolute atomic E-state index is 0.356. The average Bonchev–Trinajstić information content (AvgIpc) is 2.48. The van der Waals surface area contributed by atoms with Crippen LogP contribution in [-0.2, 0) is 0 Å². The Bertz CT molecular complexity index is 468. The first-order chi connectivity index (χ1) is 9.70. The summed E-state index contributed by atoms with van der Waals surface area (Å²) >= 11 is 12.1. The molecular weight excluding hydrogens is 289 g/mol. The van der Waals surface area contributed by atoms with Gasteiger partial charge >= 0.3 is 0 Å². The molecule has 3 heteroatoms. The van der Waals surface area contributed by atoms with E-state index in [1.165, 1.54) is 31.2 Å². The fourth-order valence-corrected chi connectivity index (χ4v) is 3.07. The van der Waals surface area contributed by atoms with Gasteiger partial charge in [0.05, 0.1) is 10.0 Å². The van der Waals surface area contributed by atoms with Gasteiger partial charge in [0.2, 0.25) is 0 Å². The number of hydrogen-bond acceptors (Lipinski definition) is 1. The summed E-state index contributed by atoms with van der Waals surface area (Å²) in [6.45, 7) is 3.23. The molecule has 1 N–H and O–H groups in total. The van der Waals surface area contributed by atoms with Gasteiger partial charge in [-0.25, -0.2) is 0 Å². The van der Waals surface area contributed by atoms with E-state index in [0.717, 1.165) is 19.4 Å². The third kappa shape index (κ3) is 4.51. The highest BCUT2D eigenvalue weighted by Gasteiger charge is 2.11. The van der Waals surface area contributed by atoms with Crippen LogP contribution in [0.25, 0.3) is 0 Å². The van der Waals surface area contributed by atoms with Gasteiger partial charge in [0, 0.05) is 6.04 Å². The molecule has 1 aromatic rings. The van der Waals surface area contributed by atoms with Gasteiger partial charge in [-0.05, 0) is 62.8 Å². The van der Waals surface area contributed by atoms with E-state index >= 15 is 0 Å². The second-order valence-electron chi connectivity index (χ2n) is 5.45. The van der Waals surface area contributed by atoms with Crippen LogP contribution in [0.5, 0.6) is 0 Å². The zero-order valence-corrected chi connectivity index (χ0v) is 13.6. The largest absolute Gasteiger partial charge is 0.310 e. The standard InChI is InChI=1S/C17H23Cl2N/c1-2-17(14-8-9-15(18)16(19)12-14)20-11-10-13-6-4-3-5-7-13/h6,8-9,12,17,20H,2-5,7,10-11H2,1H3. The van der Waals surface area contributed by atoms with E-state index in [1.54, 1.807) is 5.57 Å². The lowest BCUT2D eigenvalue weighted by atomic mass is 9.97. The van der Waals surface area contributed by atoms with Gasteiger partial charge in [-0.3, -0.25) is 0 Å². The number of nitrogens with one attached hydrogen (secondary N) is 1. The third-order valence-electron chi connectivity index (χ3n) is 3.98. The fraction of sp³-hybridized carbons (Fsp3) is 0.529. The van der Waals surface area contributed by atoms with Crippen molar-refractivity contribution in [2.75, 3.05) is 6.54 Å². The highest BCUT2D eigenvalue weighted by molar-refractivity contribution is 6.42. The van der Waals surface area contributed by atoms with E-state index in [9.17, 15) is 0 Å². The van der Waals surface area contributed by atoms with Crippen LogP contribution >= 0.6 is 23.2 Å². The molecule has 0 saturated heterocycles. The van der Waals surface area contributed by atoms with Crippen LogP contribution in [0.3, 0.4) is 0 Å². The molecule has 1 aliphatic rings. The van der Waals surface area contributed by atoms with Gasteiger partial charge in [-0.15, -0.1) is 0 Å². The lowest BCUT2D eigenvalue weighted by molar-refractivity contribution is 0.515. The number of benzene rings is 1. The highest BCUT2D eigenvalue weighted by Crippen LogP contribution is 2.27. The first-order valence-corrected chi connectivity index (χ1v) is 8.32. The molecule has 1 atom stereocenters. The summed E-state index contributed by atoms with van der Waals surface area (Å²) in [7, 11) is 0. The molecule has 1 unspecified atom stereocenters. The maximum atomic E-state index is 6.10. The summed E-state index contributed by atoms with van der Waals surface area (Å²) in [6.07, 6.45) is 9.90.